The van der Waals surface area contributed by atoms with Gasteiger partial charge in [-0.2, -0.15) is 4.31 Å². The normalized spacial score (nSPS) is 14.1. The van der Waals surface area contributed by atoms with E-state index in [4.69, 9.17) is 5.73 Å². The highest BCUT2D eigenvalue weighted by Gasteiger charge is 2.27. The highest BCUT2D eigenvalue weighted by Crippen LogP contribution is 2.26. The summed E-state index contributed by atoms with van der Waals surface area (Å²) in [6.45, 7) is 0.786. The van der Waals surface area contributed by atoms with E-state index < -0.39 is 15.9 Å². The number of benzene rings is 2. The maximum atomic E-state index is 12.9. The van der Waals surface area contributed by atoms with Crippen molar-refractivity contribution < 1.29 is 13.2 Å². The van der Waals surface area contributed by atoms with E-state index in [1.54, 1.807) is 0 Å². The Morgan fingerprint density at radius 3 is 2.50 bits per heavy atom. The minimum Gasteiger partial charge on any atom is -0.366 e. The summed E-state index contributed by atoms with van der Waals surface area (Å²) in [6, 6.07) is 15.0. The van der Waals surface area contributed by atoms with Crippen molar-refractivity contribution in [2.24, 2.45) is 5.73 Å². The van der Waals surface area contributed by atoms with Crippen molar-refractivity contribution in [1.29, 1.82) is 0 Å². The number of aromatic nitrogens is 2. The van der Waals surface area contributed by atoms with Crippen LogP contribution in [-0.2, 0) is 28.7 Å². The topological polar surface area (TPSA) is 118 Å². The molecule has 2 aromatic carbocycles. The largest absolute Gasteiger partial charge is 0.366 e. The number of carbonyl (C=O) groups is 1. The average Bonchev–Trinajstić information content (AvgIpc) is 2.74. The Hall–Kier alpha value is -3.30. The molecule has 0 saturated heterocycles. The molecular weight excluding hydrogens is 402 g/mol. The number of fused-ring (bicyclic) bond motifs is 1. The van der Waals surface area contributed by atoms with Crippen molar-refractivity contribution in [3.05, 3.63) is 83.2 Å². The van der Waals surface area contributed by atoms with Crippen LogP contribution in [0.3, 0.4) is 0 Å². The Morgan fingerprint density at radius 2 is 1.80 bits per heavy atom. The summed E-state index contributed by atoms with van der Waals surface area (Å²) >= 11 is 0. The zero-order chi connectivity index (χ0) is 21.1. The van der Waals surface area contributed by atoms with Gasteiger partial charge in [0.05, 0.1) is 11.3 Å². The van der Waals surface area contributed by atoms with Gasteiger partial charge in [-0.25, -0.2) is 18.4 Å². The van der Waals surface area contributed by atoms with Crippen LogP contribution >= 0.6 is 0 Å². The summed E-state index contributed by atoms with van der Waals surface area (Å²) in [4.78, 5) is 19.3. The molecule has 1 aromatic heterocycles. The zero-order valence-corrected chi connectivity index (χ0v) is 17.0. The summed E-state index contributed by atoms with van der Waals surface area (Å²) in [5, 5.41) is 3.07. The van der Waals surface area contributed by atoms with Crippen molar-refractivity contribution in [3.8, 4) is 0 Å². The number of rotatable bonds is 6. The molecule has 0 spiro atoms. The Kier molecular flexibility index (Phi) is 5.47. The first-order valence-corrected chi connectivity index (χ1v) is 11.0. The van der Waals surface area contributed by atoms with Crippen molar-refractivity contribution in [2.45, 2.75) is 18.7 Å². The standard InChI is InChI=1S/C21H21N5O3S/c22-20(27)18-11-23-21(24-12-18)25-19-7-6-16-8-9-26(13-17(16)10-19)30(28,29)14-15-4-2-1-3-5-15/h1-7,10-12H,8-9,13-14H2,(H2,22,27)(H,23,24,25). The van der Waals surface area contributed by atoms with E-state index in [0.29, 0.717) is 25.5 Å². The van der Waals surface area contributed by atoms with Gasteiger partial charge in [0.25, 0.3) is 5.91 Å². The van der Waals surface area contributed by atoms with Gasteiger partial charge in [-0.05, 0) is 35.2 Å². The third kappa shape index (κ3) is 4.47. The van der Waals surface area contributed by atoms with Crippen LogP contribution in [0.15, 0.2) is 60.9 Å². The smallest absolute Gasteiger partial charge is 0.251 e. The molecule has 8 nitrogen and oxygen atoms in total. The van der Waals surface area contributed by atoms with Gasteiger partial charge in [-0.3, -0.25) is 4.79 Å². The lowest BCUT2D eigenvalue weighted by atomic mass is 10.0. The van der Waals surface area contributed by atoms with Crippen LogP contribution in [0.5, 0.6) is 0 Å². The number of nitrogens with one attached hydrogen (secondary N) is 1. The van der Waals surface area contributed by atoms with Crippen LogP contribution in [0, 0.1) is 0 Å². The van der Waals surface area contributed by atoms with Crippen LogP contribution in [0.4, 0.5) is 11.6 Å². The van der Waals surface area contributed by atoms with E-state index in [0.717, 1.165) is 22.4 Å². The predicted octanol–water partition coefficient (Wildman–Crippen LogP) is 2.21. The number of carbonyl (C=O) groups excluding carboxylic acids is 1. The number of anilines is 2. The average molecular weight is 423 g/mol. The molecule has 0 aliphatic carbocycles. The van der Waals surface area contributed by atoms with Gasteiger partial charge in [0.2, 0.25) is 16.0 Å². The van der Waals surface area contributed by atoms with Gasteiger partial charge in [0.15, 0.2) is 0 Å². The summed E-state index contributed by atoms with van der Waals surface area (Å²) in [6.07, 6.45) is 3.37. The molecule has 0 fully saturated rings. The summed E-state index contributed by atoms with van der Waals surface area (Å²) in [5.74, 6) is -0.280. The zero-order valence-electron chi connectivity index (χ0n) is 16.2. The molecule has 30 heavy (non-hydrogen) atoms. The van der Waals surface area contributed by atoms with Crippen LogP contribution in [0.1, 0.15) is 27.0 Å². The number of primary amides is 1. The van der Waals surface area contributed by atoms with Crippen molar-refractivity contribution in [1.82, 2.24) is 14.3 Å². The number of sulfonamides is 1. The molecule has 0 bridgehead atoms. The fourth-order valence-electron chi connectivity index (χ4n) is 3.37. The predicted molar refractivity (Wildman–Crippen MR) is 113 cm³/mol. The SMILES string of the molecule is NC(=O)c1cnc(Nc2ccc3c(c2)CN(S(=O)(=O)Cc2ccccc2)CC3)nc1. The second kappa shape index (κ2) is 8.21. The van der Waals surface area contributed by atoms with Crippen molar-refractivity contribution in [3.63, 3.8) is 0 Å². The molecule has 1 amide bonds. The van der Waals surface area contributed by atoms with Crippen LogP contribution in [0.2, 0.25) is 0 Å². The van der Waals surface area contributed by atoms with E-state index >= 15 is 0 Å². The third-order valence-electron chi connectivity index (χ3n) is 4.96. The monoisotopic (exact) mass is 423 g/mol. The number of hydrogen-bond donors (Lipinski definition) is 2. The lowest BCUT2D eigenvalue weighted by Gasteiger charge is -2.28. The fourth-order valence-corrected chi connectivity index (χ4v) is 4.87. The van der Waals surface area contributed by atoms with Crippen LogP contribution in [-0.4, -0.2) is 35.1 Å². The first kappa shape index (κ1) is 20.0. The highest BCUT2D eigenvalue weighted by molar-refractivity contribution is 7.88. The third-order valence-corrected chi connectivity index (χ3v) is 6.76. The van der Waals surface area contributed by atoms with Crippen LogP contribution < -0.4 is 11.1 Å². The molecule has 0 radical (unpaired) electrons. The molecule has 154 valence electrons. The molecular formula is C21H21N5O3S. The number of hydrogen-bond acceptors (Lipinski definition) is 6. The minimum absolute atomic E-state index is 0.0127. The second-order valence-electron chi connectivity index (χ2n) is 7.09. The van der Waals surface area contributed by atoms with Gasteiger partial charge < -0.3 is 11.1 Å². The summed E-state index contributed by atoms with van der Waals surface area (Å²) in [5.41, 5.74) is 9.00. The molecule has 3 N–H and O–H groups in total. The van der Waals surface area contributed by atoms with Gasteiger partial charge in [-0.1, -0.05) is 36.4 Å². The highest BCUT2D eigenvalue weighted by atomic mass is 32.2. The molecule has 0 unspecified atom stereocenters. The molecule has 2 heterocycles. The molecule has 1 aliphatic rings. The van der Waals surface area contributed by atoms with E-state index in [2.05, 4.69) is 15.3 Å². The van der Waals surface area contributed by atoms with Gasteiger partial charge >= 0.3 is 0 Å². The molecule has 4 rings (SSSR count). The summed E-state index contributed by atoms with van der Waals surface area (Å²) in [7, 11) is -3.42. The number of nitrogens with zero attached hydrogens (tertiary/aromatic N) is 3. The molecule has 3 aromatic rings. The number of amides is 1. The van der Waals surface area contributed by atoms with E-state index in [-0.39, 0.29) is 11.3 Å². The Bertz CT molecular complexity index is 1170. The van der Waals surface area contributed by atoms with Crippen molar-refractivity contribution in [2.75, 3.05) is 11.9 Å². The molecule has 0 saturated carbocycles. The molecule has 0 atom stereocenters. The first-order chi connectivity index (χ1) is 14.4. The maximum Gasteiger partial charge on any atom is 0.251 e. The quantitative estimate of drug-likeness (QED) is 0.628. The first-order valence-electron chi connectivity index (χ1n) is 9.43. The van der Waals surface area contributed by atoms with Gasteiger partial charge in [0.1, 0.15) is 0 Å². The molecule has 9 heteroatoms. The lowest BCUT2D eigenvalue weighted by molar-refractivity contribution is 0.0999. The van der Waals surface area contributed by atoms with Gasteiger partial charge in [0, 0.05) is 31.2 Å². The second-order valence-corrected chi connectivity index (χ2v) is 9.06. The van der Waals surface area contributed by atoms with Crippen LogP contribution in [0.25, 0.3) is 0 Å². The molecule has 1 aliphatic heterocycles. The Morgan fingerprint density at radius 1 is 1.07 bits per heavy atom. The number of nitrogens with two attached hydrogens (primary N) is 1. The fraction of sp³-hybridized carbons (Fsp3) is 0.190. The Balaban J connectivity index is 1.49. The van der Waals surface area contributed by atoms with E-state index in [1.165, 1.54) is 16.7 Å². The maximum absolute atomic E-state index is 12.9. The van der Waals surface area contributed by atoms with E-state index in [1.807, 2.05) is 48.5 Å². The Labute approximate surface area is 174 Å². The van der Waals surface area contributed by atoms with Gasteiger partial charge in [-0.15, -0.1) is 0 Å². The lowest BCUT2D eigenvalue weighted by Crippen LogP contribution is -2.36. The van der Waals surface area contributed by atoms with Crippen molar-refractivity contribution >= 4 is 27.6 Å². The summed E-state index contributed by atoms with van der Waals surface area (Å²) < 4.78 is 27.3. The minimum atomic E-state index is -3.42. The van der Waals surface area contributed by atoms with E-state index in [9.17, 15) is 13.2 Å².